The molecule has 0 heterocycles. The molecule has 0 saturated carbocycles. The molecule has 1 atom stereocenters. The second-order valence-electron chi connectivity index (χ2n) is 4.20. The molecule has 1 unspecified atom stereocenters. The molecular formula is C13H15F3N2O3. The van der Waals surface area contributed by atoms with Crippen molar-refractivity contribution in [2.75, 3.05) is 19.0 Å². The number of para-hydroxylation sites is 1. The number of halogens is 3. The molecule has 0 radical (unpaired) electrons. The first-order valence-corrected chi connectivity index (χ1v) is 6.00. The molecule has 21 heavy (non-hydrogen) atoms. The van der Waals surface area contributed by atoms with Crippen LogP contribution in [0.25, 0.3) is 0 Å². The van der Waals surface area contributed by atoms with Gasteiger partial charge in [-0.05, 0) is 12.1 Å². The number of benzene rings is 1. The van der Waals surface area contributed by atoms with Gasteiger partial charge in [-0.25, -0.2) is 4.79 Å². The zero-order chi connectivity index (χ0) is 16.0. The SMILES string of the molecule is COC(=O)C(CNc1ccccc1C(F)(F)F)NC(C)=O. The highest BCUT2D eigenvalue weighted by Gasteiger charge is 2.33. The van der Waals surface area contributed by atoms with E-state index in [0.29, 0.717) is 0 Å². The van der Waals surface area contributed by atoms with Crippen LogP contribution < -0.4 is 10.6 Å². The monoisotopic (exact) mass is 304 g/mol. The number of methoxy groups -OCH3 is 1. The van der Waals surface area contributed by atoms with E-state index < -0.39 is 29.7 Å². The molecule has 1 aromatic carbocycles. The zero-order valence-corrected chi connectivity index (χ0v) is 11.5. The van der Waals surface area contributed by atoms with Crippen molar-refractivity contribution in [1.29, 1.82) is 0 Å². The minimum atomic E-state index is -4.52. The van der Waals surface area contributed by atoms with E-state index in [4.69, 9.17) is 0 Å². The van der Waals surface area contributed by atoms with Crippen molar-refractivity contribution >= 4 is 17.6 Å². The van der Waals surface area contributed by atoms with Gasteiger partial charge in [0.1, 0.15) is 6.04 Å². The van der Waals surface area contributed by atoms with Gasteiger partial charge >= 0.3 is 12.1 Å². The summed E-state index contributed by atoms with van der Waals surface area (Å²) in [4.78, 5) is 22.4. The third kappa shape index (κ3) is 4.97. The molecule has 1 aromatic rings. The number of carbonyl (C=O) groups excluding carboxylic acids is 2. The Morgan fingerprint density at radius 3 is 2.43 bits per heavy atom. The van der Waals surface area contributed by atoms with E-state index in [9.17, 15) is 22.8 Å². The highest BCUT2D eigenvalue weighted by molar-refractivity contribution is 5.83. The number of ether oxygens (including phenoxy) is 1. The molecule has 116 valence electrons. The summed E-state index contributed by atoms with van der Waals surface area (Å²) in [5, 5.41) is 4.81. The van der Waals surface area contributed by atoms with Crippen molar-refractivity contribution in [2.45, 2.75) is 19.1 Å². The van der Waals surface area contributed by atoms with Gasteiger partial charge in [0.05, 0.1) is 12.7 Å². The van der Waals surface area contributed by atoms with Gasteiger partial charge in [-0.2, -0.15) is 13.2 Å². The van der Waals surface area contributed by atoms with Crippen molar-refractivity contribution in [3.8, 4) is 0 Å². The van der Waals surface area contributed by atoms with E-state index in [1.165, 1.54) is 25.1 Å². The molecular weight excluding hydrogens is 289 g/mol. The lowest BCUT2D eigenvalue weighted by Crippen LogP contribution is -2.45. The quantitative estimate of drug-likeness (QED) is 0.814. The lowest BCUT2D eigenvalue weighted by Gasteiger charge is -2.19. The molecule has 0 aromatic heterocycles. The van der Waals surface area contributed by atoms with Crippen LogP contribution in [0.2, 0.25) is 0 Å². The van der Waals surface area contributed by atoms with E-state index in [2.05, 4.69) is 15.4 Å². The summed E-state index contributed by atoms with van der Waals surface area (Å²) >= 11 is 0. The van der Waals surface area contributed by atoms with Gasteiger partial charge in [0.15, 0.2) is 0 Å². The van der Waals surface area contributed by atoms with Gasteiger partial charge in [-0.1, -0.05) is 12.1 Å². The number of hydrogen-bond acceptors (Lipinski definition) is 4. The Morgan fingerprint density at radius 2 is 1.90 bits per heavy atom. The van der Waals surface area contributed by atoms with Crippen molar-refractivity contribution < 1.29 is 27.5 Å². The van der Waals surface area contributed by atoms with Crippen molar-refractivity contribution in [3.63, 3.8) is 0 Å². The highest BCUT2D eigenvalue weighted by Crippen LogP contribution is 2.34. The molecule has 1 rings (SSSR count). The Bertz CT molecular complexity index is 518. The molecule has 0 aliphatic heterocycles. The number of nitrogens with one attached hydrogen (secondary N) is 2. The number of hydrogen-bond donors (Lipinski definition) is 2. The van der Waals surface area contributed by atoms with Gasteiger partial charge in [0.25, 0.3) is 0 Å². The number of anilines is 1. The van der Waals surface area contributed by atoms with Gasteiger partial charge in [-0.15, -0.1) is 0 Å². The third-order valence-electron chi connectivity index (χ3n) is 2.59. The Hall–Kier alpha value is -2.25. The highest BCUT2D eigenvalue weighted by atomic mass is 19.4. The number of rotatable bonds is 5. The maximum absolute atomic E-state index is 12.8. The minimum absolute atomic E-state index is 0.177. The van der Waals surface area contributed by atoms with Crippen molar-refractivity contribution in [2.24, 2.45) is 0 Å². The van der Waals surface area contributed by atoms with Crippen LogP contribution in [0.4, 0.5) is 18.9 Å². The molecule has 1 amide bonds. The van der Waals surface area contributed by atoms with Gasteiger partial charge in [-0.3, -0.25) is 4.79 Å². The first kappa shape index (κ1) is 16.8. The van der Waals surface area contributed by atoms with Crippen LogP contribution in [0, 0.1) is 0 Å². The Balaban J connectivity index is 2.85. The molecule has 0 spiro atoms. The molecule has 0 saturated heterocycles. The van der Waals surface area contributed by atoms with Crippen molar-refractivity contribution in [1.82, 2.24) is 5.32 Å². The van der Waals surface area contributed by atoms with E-state index in [1.54, 1.807) is 0 Å². The van der Waals surface area contributed by atoms with Gasteiger partial charge < -0.3 is 15.4 Å². The zero-order valence-electron chi connectivity index (χ0n) is 11.5. The predicted molar refractivity (Wildman–Crippen MR) is 69.6 cm³/mol. The topological polar surface area (TPSA) is 67.4 Å². The second-order valence-corrected chi connectivity index (χ2v) is 4.20. The molecule has 5 nitrogen and oxygen atoms in total. The third-order valence-corrected chi connectivity index (χ3v) is 2.59. The lowest BCUT2D eigenvalue weighted by atomic mass is 10.1. The maximum Gasteiger partial charge on any atom is 0.418 e. The van der Waals surface area contributed by atoms with Crippen molar-refractivity contribution in [3.05, 3.63) is 29.8 Å². The van der Waals surface area contributed by atoms with E-state index in [-0.39, 0.29) is 12.2 Å². The molecule has 8 heteroatoms. The summed E-state index contributed by atoms with van der Waals surface area (Å²) in [6.45, 7) is 0.971. The summed E-state index contributed by atoms with van der Waals surface area (Å²) in [5.74, 6) is -1.24. The van der Waals surface area contributed by atoms with Crippen LogP contribution in [-0.4, -0.2) is 31.6 Å². The summed E-state index contributed by atoms with van der Waals surface area (Å²) in [5.41, 5.74) is -1.03. The normalized spacial score (nSPS) is 12.4. The lowest BCUT2D eigenvalue weighted by molar-refractivity contribution is -0.144. The Labute approximate surface area is 119 Å². The maximum atomic E-state index is 12.8. The molecule has 0 aliphatic carbocycles. The van der Waals surface area contributed by atoms with Crippen LogP contribution in [0.5, 0.6) is 0 Å². The largest absolute Gasteiger partial charge is 0.467 e. The summed E-state index contributed by atoms with van der Waals surface area (Å²) < 4.78 is 42.9. The van der Waals surface area contributed by atoms with Crippen LogP contribution in [0.15, 0.2) is 24.3 Å². The molecule has 0 aliphatic rings. The van der Waals surface area contributed by atoms with Crippen LogP contribution in [0.3, 0.4) is 0 Å². The Kier molecular flexibility index (Phi) is 5.57. The van der Waals surface area contributed by atoms with Crippen LogP contribution >= 0.6 is 0 Å². The number of alkyl halides is 3. The van der Waals surface area contributed by atoms with E-state index in [0.717, 1.165) is 13.2 Å². The van der Waals surface area contributed by atoms with E-state index >= 15 is 0 Å². The van der Waals surface area contributed by atoms with Crippen LogP contribution in [0.1, 0.15) is 12.5 Å². The molecule has 0 fully saturated rings. The molecule has 2 N–H and O–H groups in total. The first-order valence-electron chi connectivity index (χ1n) is 6.00. The number of carbonyl (C=O) groups is 2. The second kappa shape index (κ2) is 6.96. The average molecular weight is 304 g/mol. The fourth-order valence-electron chi connectivity index (χ4n) is 1.68. The minimum Gasteiger partial charge on any atom is -0.467 e. The molecule has 0 bridgehead atoms. The average Bonchev–Trinajstić information content (AvgIpc) is 2.41. The predicted octanol–water partition coefficient (Wildman–Crippen LogP) is 1.79. The van der Waals surface area contributed by atoms with E-state index in [1.807, 2.05) is 0 Å². The standard InChI is InChI=1S/C13H15F3N2O3/c1-8(19)18-11(12(20)21-2)7-17-10-6-4-3-5-9(10)13(14,15)16/h3-6,11,17H,7H2,1-2H3,(H,18,19). The summed E-state index contributed by atoms with van der Waals surface area (Å²) in [7, 11) is 1.13. The fraction of sp³-hybridized carbons (Fsp3) is 0.385. The summed E-state index contributed by atoms with van der Waals surface area (Å²) in [6, 6.07) is 3.79. The van der Waals surface area contributed by atoms with Gasteiger partial charge in [0, 0.05) is 19.2 Å². The number of esters is 1. The smallest absolute Gasteiger partial charge is 0.418 e. The Morgan fingerprint density at radius 1 is 1.29 bits per heavy atom. The van der Waals surface area contributed by atoms with Crippen LogP contribution in [-0.2, 0) is 20.5 Å². The first-order chi connectivity index (χ1) is 9.75. The van der Waals surface area contributed by atoms with Gasteiger partial charge in [0.2, 0.25) is 5.91 Å². The summed E-state index contributed by atoms with van der Waals surface area (Å²) in [6.07, 6.45) is -4.52. The fourth-order valence-corrected chi connectivity index (χ4v) is 1.68. The number of amides is 1.